The molecule has 0 atom stereocenters. The van der Waals surface area contributed by atoms with E-state index in [0.29, 0.717) is 0 Å². The van der Waals surface area contributed by atoms with Crippen LogP contribution in [0, 0.1) is 11.8 Å². The lowest BCUT2D eigenvalue weighted by molar-refractivity contribution is 0.522. The molecule has 0 spiro atoms. The number of aromatic nitrogens is 1. The average Bonchev–Trinajstić information content (AvgIpc) is 2.66. The minimum absolute atomic E-state index is 0.105. The van der Waals surface area contributed by atoms with E-state index in [1.54, 1.807) is 6.20 Å². The fourth-order valence-corrected chi connectivity index (χ4v) is 1.91. The number of hydrogen-bond acceptors (Lipinski definition) is 2. The monoisotopic (exact) mass is 226 g/mol. The van der Waals surface area contributed by atoms with E-state index in [0.717, 1.165) is 31.4 Å². The lowest BCUT2D eigenvalue weighted by Gasteiger charge is -2.10. The summed E-state index contributed by atoms with van der Waals surface area (Å²) in [7, 11) is 0. The van der Waals surface area contributed by atoms with Crippen molar-refractivity contribution in [3.63, 3.8) is 0 Å². The molecule has 0 aliphatic carbocycles. The van der Waals surface area contributed by atoms with Gasteiger partial charge in [-0.15, -0.1) is 0 Å². The lowest BCUT2D eigenvalue weighted by atomic mass is 10.0. The van der Waals surface area contributed by atoms with Gasteiger partial charge in [-0.2, -0.15) is 0 Å². The Hall–Kier alpha value is -1.62. The molecule has 0 N–H and O–H groups in total. The summed E-state index contributed by atoms with van der Waals surface area (Å²) in [4.78, 5) is 8.68. The zero-order valence-corrected chi connectivity index (χ0v) is 10.5. The van der Waals surface area contributed by atoms with Gasteiger partial charge in [0.15, 0.2) is 0 Å². The number of aryl methyl sites for hydroxylation is 1. The van der Waals surface area contributed by atoms with Gasteiger partial charge in [-0.1, -0.05) is 17.9 Å². The fourth-order valence-electron chi connectivity index (χ4n) is 1.91. The SMILES string of the molecule is CC1(C)CCC(C#CCCc2cccnc2)=N1. The van der Waals surface area contributed by atoms with Crippen LogP contribution in [0.25, 0.3) is 0 Å². The molecular formula is C15H18N2. The number of rotatable bonds is 2. The molecule has 2 nitrogen and oxygen atoms in total. The van der Waals surface area contributed by atoms with Crippen LogP contribution in [0.2, 0.25) is 0 Å². The molecule has 0 saturated heterocycles. The van der Waals surface area contributed by atoms with Gasteiger partial charge in [0.2, 0.25) is 0 Å². The van der Waals surface area contributed by atoms with Crippen molar-refractivity contribution in [2.24, 2.45) is 4.99 Å². The molecule has 0 aromatic carbocycles. The molecule has 2 heterocycles. The number of pyridine rings is 1. The summed E-state index contributed by atoms with van der Waals surface area (Å²) in [5, 5.41) is 0. The smallest absolute Gasteiger partial charge is 0.0851 e. The maximum absolute atomic E-state index is 4.60. The van der Waals surface area contributed by atoms with Crippen LogP contribution in [-0.4, -0.2) is 16.2 Å². The minimum Gasteiger partial charge on any atom is -0.275 e. The van der Waals surface area contributed by atoms with E-state index < -0.39 is 0 Å². The van der Waals surface area contributed by atoms with Crippen molar-refractivity contribution in [3.8, 4) is 11.8 Å². The second-order valence-electron chi connectivity index (χ2n) is 5.03. The summed E-state index contributed by atoms with van der Waals surface area (Å²) < 4.78 is 0. The number of nitrogens with zero attached hydrogens (tertiary/aromatic N) is 2. The van der Waals surface area contributed by atoms with Gasteiger partial charge in [-0.3, -0.25) is 9.98 Å². The Kier molecular flexibility index (Phi) is 3.58. The topological polar surface area (TPSA) is 25.2 Å². The predicted octanol–water partition coefficient (Wildman–Crippen LogP) is 3.03. The highest BCUT2D eigenvalue weighted by atomic mass is 14.9. The minimum atomic E-state index is 0.105. The van der Waals surface area contributed by atoms with Crippen LogP contribution in [0.15, 0.2) is 29.5 Å². The third kappa shape index (κ3) is 3.71. The Morgan fingerprint density at radius 1 is 1.41 bits per heavy atom. The van der Waals surface area contributed by atoms with Gasteiger partial charge in [-0.25, -0.2) is 0 Å². The van der Waals surface area contributed by atoms with Gasteiger partial charge in [-0.05, 0) is 44.7 Å². The molecule has 17 heavy (non-hydrogen) atoms. The predicted molar refractivity (Wildman–Crippen MR) is 71.1 cm³/mol. The zero-order valence-electron chi connectivity index (χ0n) is 10.5. The fraction of sp³-hybridized carbons (Fsp3) is 0.467. The van der Waals surface area contributed by atoms with Crippen LogP contribution in [0.4, 0.5) is 0 Å². The van der Waals surface area contributed by atoms with E-state index in [4.69, 9.17) is 0 Å². The Bertz CT molecular complexity index is 461. The van der Waals surface area contributed by atoms with Gasteiger partial charge in [0.1, 0.15) is 0 Å². The van der Waals surface area contributed by atoms with E-state index in [2.05, 4.69) is 41.7 Å². The molecule has 0 amide bonds. The van der Waals surface area contributed by atoms with Crippen molar-refractivity contribution in [1.29, 1.82) is 0 Å². The Morgan fingerprint density at radius 3 is 2.94 bits per heavy atom. The van der Waals surface area contributed by atoms with Crippen LogP contribution >= 0.6 is 0 Å². The summed E-state index contributed by atoms with van der Waals surface area (Å²) in [5.74, 6) is 6.39. The van der Waals surface area contributed by atoms with Gasteiger partial charge < -0.3 is 0 Å². The Balaban J connectivity index is 1.84. The van der Waals surface area contributed by atoms with Crippen LogP contribution in [0.3, 0.4) is 0 Å². The molecule has 0 saturated carbocycles. The van der Waals surface area contributed by atoms with Gasteiger partial charge >= 0.3 is 0 Å². The molecule has 0 unspecified atom stereocenters. The molecule has 1 aromatic rings. The Labute approximate surface area is 103 Å². The van der Waals surface area contributed by atoms with E-state index in [9.17, 15) is 0 Å². The summed E-state index contributed by atoms with van der Waals surface area (Å²) in [6, 6.07) is 4.05. The van der Waals surface area contributed by atoms with Crippen molar-refractivity contribution in [3.05, 3.63) is 30.1 Å². The van der Waals surface area contributed by atoms with E-state index in [1.165, 1.54) is 5.56 Å². The third-order valence-corrected chi connectivity index (χ3v) is 2.91. The maximum Gasteiger partial charge on any atom is 0.0851 e. The first-order valence-electron chi connectivity index (χ1n) is 6.12. The maximum atomic E-state index is 4.60. The quantitative estimate of drug-likeness (QED) is 0.712. The van der Waals surface area contributed by atoms with Gasteiger partial charge in [0.25, 0.3) is 0 Å². The number of aliphatic imine (C=N–C) groups is 1. The van der Waals surface area contributed by atoms with Crippen LogP contribution < -0.4 is 0 Å². The first kappa shape index (κ1) is 11.9. The van der Waals surface area contributed by atoms with Crippen LogP contribution in [0.5, 0.6) is 0 Å². The summed E-state index contributed by atoms with van der Waals surface area (Å²) in [6.45, 7) is 4.33. The molecule has 1 aliphatic rings. The van der Waals surface area contributed by atoms with Crippen LogP contribution in [0.1, 0.15) is 38.7 Å². The van der Waals surface area contributed by atoms with Crippen molar-refractivity contribution in [2.75, 3.05) is 0 Å². The van der Waals surface area contributed by atoms with Crippen molar-refractivity contribution >= 4 is 5.71 Å². The summed E-state index contributed by atoms with van der Waals surface area (Å²) in [6.07, 6.45) is 7.71. The first-order valence-corrected chi connectivity index (χ1v) is 6.12. The highest BCUT2D eigenvalue weighted by Gasteiger charge is 2.23. The van der Waals surface area contributed by atoms with Gasteiger partial charge in [0, 0.05) is 18.8 Å². The molecule has 0 radical (unpaired) electrons. The van der Waals surface area contributed by atoms with Crippen molar-refractivity contribution < 1.29 is 0 Å². The lowest BCUT2D eigenvalue weighted by Crippen LogP contribution is -2.10. The molecule has 0 bridgehead atoms. The highest BCUT2D eigenvalue weighted by Crippen LogP contribution is 2.23. The zero-order chi connectivity index (χ0) is 12.1. The third-order valence-electron chi connectivity index (χ3n) is 2.91. The second-order valence-corrected chi connectivity index (χ2v) is 5.03. The molecule has 1 aliphatic heterocycles. The van der Waals surface area contributed by atoms with E-state index >= 15 is 0 Å². The first-order chi connectivity index (χ1) is 8.16. The summed E-state index contributed by atoms with van der Waals surface area (Å²) >= 11 is 0. The van der Waals surface area contributed by atoms with Gasteiger partial charge in [0.05, 0.1) is 11.3 Å². The van der Waals surface area contributed by atoms with Crippen LogP contribution in [-0.2, 0) is 6.42 Å². The molecule has 88 valence electrons. The summed E-state index contributed by atoms with van der Waals surface area (Å²) in [5.41, 5.74) is 2.42. The number of hydrogen-bond donors (Lipinski definition) is 0. The molecule has 2 heteroatoms. The highest BCUT2D eigenvalue weighted by molar-refractivity contribution is 6.01. The average molecular weight is 226 g/mol. The second kappa shape index (κ2) is 5.14. The Morgan fingerprint density at radius 2 is 2.29 bits per heavy atom. The van der Waals surface area contributed by atoms with E-state index in [-0.39, 0.29) is 5.54 Å². The largest absolute Gasteiger partial charge is 0.275 e. The molecule has 1 aromatic heterocycles. The normalized spacial score (nSPS) is 17.2. The molecule has 2 rings (SSSR count). The van der Waals surface area contributed by atoms with Crippen molar-refractivity contribution in [2.45, 2.75) is 45.1 Å². The molecular weight excluding hydrogens is 208 g/mol. The molecule has 0 fully saturated rings. The standard InChI is InChI=1S/C15H18N2/c1-15(2)10-9-14(17-15)8-4-3-6-13-7-5-11-16-12-13/h5,7,11-12H,3,6,9-10H2,1-2H3. The van der Waals surface area contributed by atoms with E-state index in [1.807, 2.05) is 12.3 Å². The van der Waals surface area contributed by atoms with Crippen molar-refractivity contribution in [1.82, 2.24) is 4.98 Å².